The van der Waals surface area contributed by atoms with Crippen LogP contribution in [0, 0.1) is 0 Å². The largest absolute Gasteiger partial charge is 0.381 e. The first-order valence-electron chi connectivity index (χ1n) is 5.85. The van der Waals surface area contributed by atoms with E-state index in [9.17, 15) is 8.42 Å². The molecule has 0 radical (unpaired) electrons. The van der Waals surface area contributed by atoms with Crippen molar-refractivity contribution in [2.75, 3.05) is 17.9 Å². The zero-order valence-corrected chi connectivity index (χ0v) is 11.1. The zero-order valence-electron chi connectivity index (χ0n) is 10.3. The van der Waals surface area contributed by atoms with Gasteiger partial charge in [-0.2, -0.15) is 5.10 Å². The summed E-state index contributed by atoms with van der Waals surface area (Å²) in [6.07, 6.45) is 2.74. The van der Waals surface area contributed by atoms with Gasteiger partial charge in [0.2, 0.25) is 10.0 Å². The van der Waals surface area contributed by atoms with E-state index in [4.69, 9.17) is 10.5 Å². The standard InChI is InChI=1S/C10H18N4O3S/c1-14-7-8(6-11)10(12-14)13-18(15,16)9-2-4-17-5-3-9/h7,9H,2-6,11H2,1H3,(H,12,13). The number of nitrogens with two attached hydrogens (primary N) is 1. The van der Waals surface area contributed by atoms with Gasteiger partial charge in [0.05, 0.1) is 5.25 Å². The fourth-order valence-electron chi connectivity index (χ4n) is 1.98. The summed E-state index contributed by atoms with van der Waals surface area (Å²) in [6.45, 7) is 1.22. The van der Waals surface area contributed by atoms with Crippen LogP contribution in [0.5, 0.6) is 0 Å². The van der Waals surface area contributed by atoms with E-state index in [-0.39, 0.29) is 6.54 Å². The number of ether oxygens (including phenoxy) is 1. The van der Waals surface area contributed by atoms with Crippen molar-refractivity contribution in [3.05, 3.63) is 11.8 Å². The summed E-state index contributed by atoms with van der Waals surface area (Å²) < 4.78 is 33.6. The van der Waals surface area contributed by atoms with Crippen LogP contribution in [0.4, 0.5) is 5.82 Å². The highest BCUT2D eigenvalue weighted by atomic mass is 32.2. The molecule has 1 saturated heterocycles. The maximum absolute atomic E-state index is 12.2. The van der Waals surface area contributed by atoms with Gasteiger partial charge >= 0.3 is 0 Å². The summed E-state index contributed by atoms with van der Waals surface area (Å²) in [5, 5.41) is 3.66. The van der Waals surface area contributed by atoms with Crippen LogP contribution in [0.15, 0.2) is 6.20 Å². The second-order valence-corrected chi connectivity index (χ2v) is 6.30. The Morgan fingerprint density at radius 2 is 2.22 bits per heavy atom. The van der Waals surface area contributed by atoms with Crippen molar-refractivity contribution in [1.82, 2.24) is 9.78 Å². The zero-order chi connectivity index (χ0) is 13.2. The molecule has 0 aliphatic carbocycles. The first-order chi connectivity index (χ1) is 8.53. The summed E-state index contributed by atoms with van der Waals surface area (Å²) in [5.41, 5.74) is 6.24. The molecule has 2 heterocycles. The number of rotatable bonds is 4. The highest BCUT2D eigenvalue weighted by Gasteiger charge is 2.28. The molecule has 0 spiro atoms. The fraction of sp³-hybridized carbons (Fsp3) is 0.700. The quantitative estimate of drug-likeness (QED) is 0.792. The summed E-state index contributed by atoms with van der Waals surface area (Å²) in [6, 6.07) is 0. The first-order valence-corrected chi connectivity index (χ1v) is 7.39. The molecule has 0 aromatic carbocycles. The van der Waals surface area contributed by atoms with Crippen molar-refractivity contribution in [3.8, 4) is 0 Å². The number of aryl methyl sites for hydroxylation is 1. The van der Waals surface area contributed by atoms with Crippen molar-refractivity contribution in [1.29, 1.82) is 0 Å². The topological polar surface area (TPSA) is 99.2 Å². The Hall–Kier alpha value is -1.12. The summed E-state index contributed by atoms with van der Waals surface area (Å²) in [4.78, 5) is 0. The highest BCUT2D eigenvalue weighted by Crippen LogP contribution is 2.20. The van der Waals surface area contributed by atoms with Crippen molar-refractivity contribution >= 4 is 15.8 Å². The third-order valence-electron chi connectivity index (χ3n) is 2.97. The SMILES string of the molecule is Cn1cc(CN)c(NS(=O)(=O)C2CCOCC2)n1. The Kier molecular flexibility index (Phi) is 3.88. The first kappa shape index (κ1) is 13.3. The lowest BCUT2D eigenvalue weighted by Gasteiger charge is -2.22. The number of hydrogen-bond donors (Lipinski definition) is 2. The Balaban J connectivity index is 2.16. The van der Waals surface area contributed by atoms with Crippen LogP contribution in [-0.4, -0.2) is 36.7 Å². The van der Waals surface area contributed by atoms with Crippen LogP contribution >= 0.6 is 0 Å². The molecule has 1 aromatic rings. The molecule has 0 atom stereocenters. The molecule has 7 nitrogen and oxygen atoms in total. The summed E-state index contributed by atoms with van der Waals surface area (Å²) in [7, 11) is -1.69. The minimum atomic E-state index is -3.42. The van der Waals surface area contributed by atoms with Crippen molar-refractivity contribution in [3.63, 3.8) is 0 Å². The van der Waals surface area contributed by atoms with Gasteiger partial charge in [0.15, 0.2) is 5.82 Å². The third kappa shape index (κ3) is 2.82. The molecule has 0 bridgehead atoms. The molecule has 0 amide bonds. The molecule has 18 heavy (non-hydrogen) atoms. The molecule has 1 aromatic heterocycles. The van der Waals surface area contributed by atoms with Crippen LogP contribution in [0.3, 0.4) is 0 Å². The Morgan fingerprint density at radius 3 is 2.83 bits per heavy atom. The molecular formula is C10H18N4O3S. The molecule has 2 rings (SSSR count). The van der Waals surface area contributed by atoms with E-state index in [0.717, 1.165) is 0 Å². The van der Waals surface area contributed by atoms with E-state index in [2.05, 4.69) is 9.82 Å². The lowest BCUT2D eigenvalue weighted by molar-refractivity contribution is 0.0984. The normalized spacial score (nSPS) is 17.9. The predicted octanol–water partition coefficient (Wildman–Crippen LogP) is -0.200. The van der Waals surface area contributed by atoms with Gasteiger partial charge in [0, 0.05) is 38.6 Å². The van der Waals surface area contributed by atoms with Crippen molar-refractivity contribution < 1.29 is 13.2 Å². The lowest BCUT2D eigenvalue weighted by Crippen LogP contribution is -2.33. The maximum atomic E-state index is 12.2. The average Bonchev–Trinajstić information content (AvgIpc) is 2.70. The van der Waals surface area contributed by atoms with Crippen LogP contribution in [0.25, 0.3) is 0 Å². The van der Waals surface area contributed by atoms with E-state index < -0.39 is 15.3 Å². The van der Waals surface area contributed by atoms with Gasteiger partial charge in [-0.25, -0.2) is 8.42 Å². The van der Waals surface area contributed by atoms with E-state index in [0.29, 0.717) is 37.4 Å². The molecule has 1 fully saturated rings. The maximum Gasteiger partial charge on any atom is 0.236 e. The minimum Gasteiger partial charge on any atom is -0.381 e. The van der Waals surface area contributed by atoms with Crippen LogP contribution in [-0.2, 0) is 28.4 Å². The smallest absolute Gasteiger partial charge is 0.236 e. The molecule has 1 aliphatic rings. The van der Waals surface area contributed by atoms with E-state index in [1.807, 2.05) is 0 Å². The number of aromatic nitrogens is 2. The van der Waals surface area contributed by atoms with Crippen LogP contribution < -0.4 is 10.5 Å². The summed E-state index contributed by atoms with van der Waals surface area (Å²) in [5.74, 6) is 0.325. The van der Waals surface area contributed by atoms with Gasteiger partial charge in [0.1, 0.15) is 0 Å². The Morgan fingerprint density at radius 1 is 1.56 bits per heavy atom. The number of anilines is 1. The molecular weight excluding hydrogens is 256 g/mol. The van der Waals surface area contributed by atoms with Crippen molar-refractivity contribution in [2.24, 2.45) is 12.8 Å². The Labute approximate surface area is 106 Å². The third-order valence-corrected chi connectivity index (χ3v) is 4.80. The van der Waals surface area contributed by atoms with Gasteiger partial charge in [-0.15, -0.1) is 0 Å². The predicted molar refractivity (Wildman–Crippen MR) is 67.5 cm³/mol. The number of nitrogens with zero attached hydrogens (tertiary/aromatic N) is 2. The molecule has 3 N–H and O–H groups in total. The second-order valence-electron chi connectivity index (χ2n) is 4.34. The molecule has 0 saturated carbocycles. The monoisotopic (exact) mass is 274 g/mol. The lowest BCUT2D eigenvalue weighted by atomic mass is 10.2. The minimum absolute atomic E-state index is 0.249. The fourth-order valence-corrected chi connectivity index (χ4v) is 3.40. The second kappa shape index (κ2) is 5.25. The van der Waals surface area contributed by atoms with Crippen LogP contribution in [0.2, 0.25) is 0 Å². The van der Waals surface area contributed by atoms with E-state index in [1.54, 1.807) is 17.9 Å². The van der Waals surface area contributed by atoms with Gasteiger partial charge in [-0.1, -0.05) is 0 Å². The van der Waals surface area contributed by atoms with Crippen molar-refractivity contribution in [2.45, 2.75) is 24.6 Å². The van der Waals surface area contributed by atoms with E-state index >= 15 is 0 Å². The average molecular weight is 274 g/mol. The summed E-state index contributed by atoms with van der Waals surface area (Å²) >= 11 is 0. The van der Waals surface area contributed by atoms with Gasteiger partial charge < -0.3 is 10.5 Å². The van der Waals surface area contributed by atoms with Gasteiger partial charge in [-0.05, 0) is 12.8 Å². The molecule has 102 valence electrons. The van der Waals surface area contributed by atoms with Gasteiger partial charge in [0.25, 0.3) is 0 Å². The van der Waals surface area contributed by atoms with Crippen LogP contribution in [0.1, 0.15) is 18.4 Å². The number of hydrogen-bond acceptors (Lipinski definition) is 5. The number of sulfonamides is 1. The number of nitrogens with one attached hydrogen (secondary N) is 1. The van der Waals surface area contributed by atoms with Gasteiger partial charge in [-0.3, -0.25) is 9.40 Å². The Bertz CT molecular complexity index is 505. The molecule has 0 unspecified atom stereocenters. The molecule has 1 aliphatic heterocycles. The van der Waals surface area contributed by atoms with E-state index in [1.165, 1.54) is 0 Å². The highest BCUT2D eigenvalue weighted by molar-refractivity contribution is 7.93. The molecule has 8 heteroatoms.